The van der Waals surface area contributed by atoms with Gasteiger partial charge in [0.25, 0.3) is 0 Å². The summed E-state index contributed by atoms with van der Waals surface area (Å²) in [7, 11) is 2.71. The van der Waals surface area contributed by atoms with E-state index in [-0.39, 0.29) is 24.1 Å². The number of hydroxylamine groups is 2. The molecule has 1 fully saturated rings. The molecule has 0 aromatic heterocycles. The van der Waals surface area contributed by atoms with E-state index in [1.54, 1.807) is 36.4 Å². The van der Waals surface area contributed by atoms with Crippen LogP contribution in [0.15, 0.2) is 42.5 Å². The highest BCUT2D eigenvalue weighted by atomic mass is 35.5. The second kappa shape index (κ2) is 8.88. The van der Waals surface area contributed by atoms with Gasteiger partial charge < -0.3 is 5.32 Å². The lowest BCUT2D eigenvalue weighted by Crippen LogP contribution is -2.38. The number of carbonyl (C=O) groups is 2. The molecule has 0 saturated heterocycles. The molecule has 0 aliphatic heterocycles. The molecule has 2 aromatic carbocycles. The molecule has 1 saturated carbocycles. The van der Waals surface area contributed by atoms with Gasteiger partial charge in [-0.2, -0.15) is 0 Å². The number of benzene rings is 2. The minimum Gasteiger partial charge on any atom is -0.323 e. The Balaban J connectivity index is 1.84. The van der Waals surface area contributed by atoms with Gasteiger partial charge >= 0.3 is 0 Å². The molecule has 3 rings (SSSR count). The van der Waals surface area contributed by atoms with Crippen molar-refractivity contribution in [2.75, 3.05) is 19.5 Å². The Morgan fingerprint density at radius 1 is 1.10 bits per heavy atom. The first-order valence-corrected chi connectivity index (χ1v) is 9.51. The summed E-state index contributed by atoms with van der Waals surface area (Å²) >= 11 is 6.16. The van der Waals surface area contributed by atoms with E-state index in [1.807, 2.05) is 0 Å². The number of carbonyl (C=O) groups excluding carboxylic acids is 2. The van der Waals surface area contributed by atoms with Crippen molar-refractivity contribution in [3.63, 3.8) is 0 Å². The second-order valence-electron chi connectivity index (χ2n) is 6.94. The number of alkyl halides is 1. The monoisotopic (exact) mass is 422 g/mol. The number of hydrogen-bond acceptors (Lipinski definition) is 3. The van der Waals surface area contributed by atoms with Gasteiger partial charge in [-0.25, -0.2) is 13.8 Å². The first kappa shape index (κ1) is 21.2. The molecule has 5 nitrogen and oxygen atoms in total. The highest BCUT2D eigenvalue weighted by molar-refractivity contribution is 6.33. The standard InChI is InChI=1S/C21H21ClF2N2O3/c1-26(29-2)21(28)16-11-12(23)10-15(16)20(27)25-18-9-5-7-14(19(18)24)13-6-3-4-8-17(13)22/h3-9,12,15-16H,10-11H2,1-2H3,(H,25,27)/t12-,15-,16-/m1/s1. The summed E-state index contributed by atoms with van der Waals surface area (Å²) in [5.41, 5.74) is 0.665. The third-order valence-corrected chi connectivity index (χ3v) is 5.49. The van der Waals surface area contributed by atoms with Crippen molar-refractivity contribution in [1.82, 2.24) is 5.06 Å². The van der Waals surface area contributed by atoms with Crippen molar-refractivity contribution in [2.24, 2.45) is 11.8 Å². The van der Waals surface area contributed by atoms with Gasteiger partial charge in [0.05, 0.1) is 24.6 Å². The van der Waals surface area contributed by atoms with Crippen LogP contribution in [0.1, 0.15) is 12.8 Å². The van der Waals surface area contributed by atoms with Crippen LogP contribution in [-0.2, 0) is 14.4 Å². The van der Waals surface area contributed by atoms with Gasteiger partial charge in [-0.05, 0) is 25.0 Å². The average molecular weight is 423 g/mol. The SMILES string of the molecule is CON(C)C(=O)[C@@H]1C[C@H](F)C[C@H]1C(=O)Nc1cccc(-c2ccccc2Cl)c1F. The minimum atomic E-state index is -1.29. The Labute approximate surface area is 172 Å². The number of nitrogens with one attached hydrogen (secondary N) is 1. The fourth-order valence-electron chi connectivity index (χ4n) is 3.60. The lowest BCUT2D eigenvalue weighted by molar-refractivity contribution is -0.175. The van der Waals surface area contributed by atoms with Gasteiger partial charge in [-0.15, -0.1) is 0 Å². The lowest BCUT2D eigenvalue weighted by atomic mass is 9.94. The van der Waals surface area contributed by atoms with Crippen molar-refractivity contribution in [3.05, 3.63) is 53.3 Å². The molecule has 3 atom stereocenters. The van der Waals surface area contributed by atoms with E-state index in [0.717, 1.165) is 5.06 Å². The zero-order valence-corrected chi connectivity index (χ0v) is 16.7. The van der Waals surface area contributed by atoms with Crippen LogP contribution in [0, 0.1) is 17.7 Å². The van der Waals surface area contributed by atoms with Gasteiger partial charge in [0.1, 0.15) is 6.17 Å². The van der Waals surface area contributed by atoms with Crippen molar-refractivity contribution >= 4 is 29.1 Å². The predicted molar refractivity (Wildman–Crippen MR) is 106 cm³/mol. The summed E-state index contributed by atoms with van der Waals surface area (Å²) in [5, 5.41) is 3.86. The Hall–Kier alpha value is -2.51. The number of anilines is 1. The number of rotatable bonds is 5. The Morgan fingerprint density at radius 2 is 1.76 bits per heavy atom. The van der Waals surface area contributed by atoms with Gasteiger partial charge in [0.15, 0.2) is 5.82 Å². The van der Waals surface area contributed by atoms with Crippen LogP contribution in [0.5, 0.6) is 0 Å². The van der Waals surface area contributed by atoms with Gasteiger partial charge in [0.2, 0.25) is 11.8 Å². The summed E-state index contributed by atoms with van der Waals surface area (Å²) in [6.07, 6.45) is -1.47. The highest BCUT2D eigenvalue weighted by Crippen LogP contribution is 2.37. The van der Waals surface area contributed by atoms with Crippen LogP contribution in [0.3, 0.4) is 0 Å². The normalized spacial score (nSPS) is 21.1. The molecule has 154 valence electrons. The number of halogens is 3. The Bertz CT molecular complexity index is 925. The summed E-state index contributed by atoms with van der Waals surface area (Å²) < 4.78 is 29.0. The highest BCUT2D eigenvalue weighted by Gasteiger charge is 2.44. The largest absolute Gasteiger partial charge is 0.323 e. The summed E-state index contributed by atoms with van der Waals surface area (Å²) in [6, 6.07) is 11.3. The average Bonchev–Trinajstić information content (AvgIpc) is 3.11. The molecule has 2 amide bonds. The molecule has 29 heavy (non-hydrogen) atoms. The molecule has 0 heterocycles. The van der Waals surface area contributed by atoms with Crippen LogP contribution in [0.25, 0.3) is 11.1 Å². The Morgan fingerprint density at radius 3 is 2.45 bits per heavy atom. The summed E-state index contributed by atoms with van der Waals surface area (Å²) in [6.45, 7) is 0. The van der Waals surface area contributed by atoms with Crippen LogP contribution >= 0.6 is 11.6 Å². The van der Waals surface area contributed by atoms with Crippen LogP contribution in [0.4, 0.5) is 14.5 Å². The molecule has 8 heteroatoms. The molecule has 0 unspecified atom stereocenters. The molecule has 0 spiro atoms. The zero-order valence-electron chi connectivity index (χ0n) is 16.0. The van der Waals surface area contributed by atoms with Crippen molar-refractivity contribution in [3.8, 4) is 11.1 Å². The summed E-state index contributed by atoms with van der Waals surface area (Å²) in [4.78, 5) is 30.0. The molecule has 2 aromatic rings. The maximum Gasteiger partial charge on any atom is 0.249 e. The molecular formula is C21H21ClF2N2O3. The smallest absolute Gasteiger partial charge is 0.249 e. The third kappa shape index (κ3) is 4.41. The van der Waals surface area contributed by atoms with E-state index in [0.29, 0.717) is 10.6 Å². The maximum atomic E-state index is 15.1. The lowest BCUT2D eigenvalue weighted by Gasteiger charge is -2.22. The quantitative estimate of drug-likeness (QED) is 0.723. The van der Waals surface area contributed by atoms with E-state index in [1.165, 1.54) is 20.2 Å². The summed E-state index contributed by atoms with van der Waals surface area (Å²) in [5.74, 6) is -3.54. The van der Waals surface area contributed by atoms with E-state index >= 15 is 4.39 Å². The topological polar surface area (TPSA) is 58.6 Å². The van der Waals surface area contributed by atoms with E-state index in [9.17, 15) is 14.0 Å². The van der Waals surface area contributed by atoms with E-state index in [4.69, 9.17) is 16.4 Å². The Kier molecular flexibility index (Phi) is 6.49. The van der Waals surface area contributed by atoms with Crippen molar-refractivity contribution in [1.29, 1.82) is 0 Å². The van der Waals surface area contributed by atoms with Gasteiger partial charge in [0, 0.05) is 23.2 Å². The van der Waals surface area contributed by atoms with E-state index in [2.05, 4.69) is 5.32 Å². The fourth-order valence-corrected chi connectivity index (χ4v) is 3.84. The molecule has 0 radical (unpaired) electrons. The fraction of sp³-hybridized carbons (Fsp3) is 0.333. The molecule has 1 N–H and O–H groups in total. The first-order valence-electron chi connectivity index (χ1n) is 9.13. The maximum absolute atomic E-state index is 15.1. The van der Waals surface area contributed by atoms with E-state index < -0.39 is 35.6 Å². The van der Waals surface area contributed by atoms with Crippen LogP contribution < -0.4 is 5.32 Å². The number of amides is 2. The van der Waals surface area contributed by atoms with Gasteiger partial charge in [-0.3, -0.25) is 14.4 Å². The van der Waals surface area contributed by atoms with Gasteiger partial charge in [-0.1, -0.05) is 41.9 Å². The first-order chi connectivity index (χ1) is 13.8. The molecule has 1 aliphatic rings. The van der Waals surface area contributed by atoms with Crippen LogP contribution in [0.2, 0.25) is 5.02 Å². The van der Waals surface area contributed by atoms with Crippen molar-refractivity contribution in [2.45, 2.75) is 19.0 Å². The number of hydrogen-bond donors (Lipinski definition) is 1. The molecular weight excluding hydrogens is 402 g/mol. The minimum absolute atomic E-state index is 0.0546. The molecule has 0 bridgehead atoms. The predicted octanol–water partition coefficient (Wildman–Crippen LogP) is 4.47. The number of nitrogens with zero attached hydrogens (tertiary/aromatic N) is 1. The van der Waals surface area contributed by atoms with Crippen LogP contribution in [-0.4, -0.2) is 37.2 Å². The third-order valence-electron chi connectivity index (χ3n) is 5.16. The van der Waals surface area contributed by atoms with Crippen molar-refractivity contribution < 1.29 is 23.2 Å². The molecule has 1 aliphatic carbocycles. The zero-order chi connectivity index (χ0) is 21.1. The second-order valence-corrected chi connectivity index (χ2v) is 7.34.